The van der Waals surface area contributed by atoms with Gasteiger partial charge < -0.3 is 0 Å². The molecule has 54 valence electrons. The van der Waals surface area contributed by atoms with Crippen LogP contribution in [0.1, 0.15) is 20.3 Å². The first-order chi connectivity index (χ1) is 4.74. The second-order valence-electron chi connectivity index (χ2n) is 2.86. The Labute approximate surface area is 62.2 Å². The molecule has 1 aliphatic rings. The van der Waals surface area contributed by atoms with Gasteiger partial charge in [0.25, 0.3) is 0 Å². The van der Waals surface area contributed by atoms with E-state index in [-0.39, 0.29) is 0 Å². The van der Waals surface area contributed by atoms with E-state index in [1.165, 1.54) is 5.57 Å². The zero-order chi connectivity index (χ0) is 7.56. The van der Waals surface area contributed by atoms with Crippen LogP contribution in [0.15, 0.2) is 29.4 Å². The largest absolute Gasteiger partial charge is 0.261 e. The van der Waals surface area contributed by atoms with Gasteiger partial charge >= 0.3 is 0 Å². The minimum atomic E-state index is 0.626. The number of hydrogen-bond acceptors (Lipinski definition) is 1. The van der Waals surface area contributed by atoms with Gasteiger partial charge in [-0.2, -0.15) is 0 Å². The molecule has 0 amide bonds. The minimum absolute atomic E-state index is 0.626. The summed E-state index contributed by atoms with van der Waals surface area (Å²) in [6, 6.07) is 0. The SMILES string of the molecule is C=CC1=NC=C(C(C)C)C1. The Hall–Kier alpha value is -0.850. The Morgan fingerprint density at radius 1 is 1.70 bits per heavy atom. The van der Waals surface area contributed by atoms with Gasteiger partial charge in [-0.15, -0.1) is 0 Å². The third-order valence-corrected chi connectivity index (χ3v) is 1.76. The second-order valence-corrected chi connectivity index (χ2v) is 2.86. The van der Waals surface area contributed by atoms with Crippen molar-refractivity contribution < 1.29 is 0 Å². The molecule has 1 heterocycles. The Morgan fingerprint density at radius 2 is 2.40 bits per heavy atom. The van der Waals surface area contributed by atoms with E-state index in [4.69, 9.17) is 0 Å². The van der Waals surface area contributed by atoms with Gasteiger partial charge in [-0.3, -0.25) is 4.99 Å². The normalized spacial score (nSPS) is 17.1. The van der Waals surface area contributed by atoms with Gasteiger partial charge in [-0.25, -0.2) is 0 Å². The summed E-state index contributed by atoms with van der Waals surface area (Å²) in [4.78, 5) is 4.19. The summed E-state index contributed by atoms with van der Waals surface area (Å²) < 4.78 is 0. The molecule has 0 bridgehead atoms. The zero-order valence-electron chi connectivity index (χ0n) is 6.59. The first-order valence-corrected chi connectivity index (χ1v) is 3.62. The van der Waals surface area contributed by atoms with Crippen LogP contribution in [0.4, 0.5) is 0 Å². The predicted octanol–water partition coefficient (Wildman–Crippen LogP) is 2.56. The van der Waals surface area contributed by atoms with E-state index in [0.717, 1.165) is 12.1 Å². The van der Waals surface area contributed by atoms with E-state index in [2.05, 4.69) is 25.4 Å². The van der Waals surface area contributed by atoms with Crippen molar-refractivity contribution in [1.82, 2.24) is 0 Å². The highest BCUT2D eigenvalue weighted by Gasteiger charge is 2.09. The van der Waals surface area contributed by atoms with Crippen LogP contribution in [0.2, 0.25) is 0 Å². The fraction of sp³-hybridized carbons (Fsp3) is 0.444. The van der Waals surface area contributed by atoms with Gasteiger partial charge in [-0.05, 0) is 17.6 Å². The van der Waals surface area contributed by atoms with Crippen LogP contribution in [-0.2, 0) is 0 Å². The quantitative estimate of drug-likeness (QED) is 0.551. The maximum absolute atomic E-state index is 4.19. The molecule has 0 radical (unpaired) electrons. The highest BCUT2D eigenvalue weighted by molar-refractivity contribution is 5.98. The summed E-state index contributed by atoms with van der Waals surface area (Å²) in [6.07, 6.45) is 4.79. The standard InChI is InChI=1S/C9H13N/c1-4-9-5-8(6-10-9)7(2)3/h4,6-7H,1,5H2,2-3H3. The van der Waals surface area contributed by atoms with Crippen LogP contribution in [0, 0.1) is 5.92 Å². The molecule has 1 aliphatic heterocycles. The van der Waals surface area contributed by atoms with Crippen LogP contribution in [-0.4, -0.2) is 5.71 Å². The van der Waals surface area contributed by atoms with Crippen LogP contribution < -0.4 is 0 Å². The summed E-state index contributed by atoms with van der Waals surface area (Å²) in [5.41, 5.74) is 2.51. The van der Waals surface area contributed by atoms with Crippen molar-refractivity contribution in [1.29, 1.82) is 0 Å². The van der Waals surface area contributed by atoms with Gasteiger partial charge in [-0.1, -0.05) is 20.4 Å². The summed E-state index contributed by atoms with van der Waals surface area (Å²) in [6.45, 7) is 8.05. The number of nitrogens with zero attached hydrogens (tertiary/aromatic N) is 1. The van der Waals surface area contributed by atoms with Crippen LogP contribution in [0.3, 0.4) is 0 Å². The first kappa shape index (κ1) is 7.26. The zero-order valence-corrected chi connectivity index (χ0v) is 6.59. The van der Waals surface area contributed by atoms with Crippen molar-refractivity contribution in [2.24, 2.45) is 10.9 Å². The van der Waals surface area contributed by atoms with Gasteiger partial charge in [0.1, 0.15) is 0 Å². The molecule has 0 aromatic heterocycles. The number of aliphatic imine (C=N–C) groups is 1. The molecule has 0 aromatic carbocycles. The lowest BCUT2D eigenvalue weighted by molar-refractivity contribution is 0.758. The van der Waals surface area contributed by atoms with Crippen molar-refractivity contribution in [3.63, 3.8) is 0 Å². The lowest BCUT2D eigenvalue weighted by Crippen LogP contribution is -1.95. The van der Waals surface area contributed by atoms with Crippen LogP contribution in [0.25, 0.3) is 0 Å². The molecule has 0 unspecified atom stereocenters. The predicted molar refractivity (Wildman–Crippen MR) is 45.2 cm³/mol. The number of allylic oxidation sites excluding steroid dienone is 2. The monoisotopic (exact) mass is 135 g/mol. The molecule has 0 saturated heterocycles. The Kier molecular flexibility index (Phi) is 2.05. The Morgan fingerprint density at radius 3 is 2.70 bits per heavy atom. The van der Waals surface area contributed by atoms with Gasteiger partial charge in [0.2, 0.25) is 0 Å². The highest BCUT2D eigenvalue weighted by Crippen LogP contribution is 2.19. The Balaban J connectivity index is 2.56. The average molecular weight is 135 g/mol. The first-order valence-electron chi connectivity index (χ1n) is 3.62. The molecule has 0 N–H and O–H groups in total. The van der Waals surface area contributed by atoms with Crippen LogP contribution in [0.5, 0.6) is 0 Å². The lowest BCUT2D eigenvalue weighted by Gasteiger charge is -2.03. The minimum Gasteiger partial charge on any atom is -0.261 e. The molecular formula is C9H13N. The van der Waals surface area contributed by atoms with Crippen molar-refractivity contribution in [2.45, 2.75) is 20.3 Å². The average Bonchev–Trinajstić information content (AvgIpc) is 2.34. The second kappa shape index (κ2) is 2.82. The van der Waals surface area contributed by atoms with E-state index in [9.17, 15) is 0 Å². The van der Waals surface area contributed by atoms with E-state index in [1.807, 2.05) is 12.3 Å². The molecule has 0 aromatic rings. The fourth-order valence-electron chi connectivity index (χ4n) is 0.944. The molecule has 0 atom stereocenters. The summed E-state index contributed by atoms with van der Waals surface area (Å²) in [5.74, 6) is 0.626. The molecule has 1 rings (SSSR count). The molecule has 0 fully saturated rings. The molecule has 0 spiro atoms. The number of rotatable bonds is 2. The third-order valence-electron chi connectivity index (χ3n) is 1.76. The van der Waals surface area contributed by atoms with E-state index >= 15 is 0 Å². The van der Waals surface area contributed by atoms with E-state index in [0.29, 0.717) is 5.92 Å². The van der Waals surface area contributed by atoms with Gasteiger partial charge in [0.15, 0.2) is 0 Å². The molecule has 10 heavy (non-hydrogen) atoms. The topological polar surface area (TPSA) is 12.4 Å². The molecule has 0 aliphatic carbocycles. The maximum atomic E-state index is 4.19. The Bertz CT molecular complexity index is 197. The van der Waals surface area contributed by atoms with E-state index in [1.54, 1.807) is 0 Å². The fourth-order valence-corrected chi connectivity index (χ4v) is 0.944. The summed E-state index contributed by atoms with van der Waals surface area (Å²) in [7, 11) is 0. The number of hydrogen-bond donors (Lipinski definition) is 0. The third kappa shape index (κ3) is 1.35. The van der Waals surface area contributed by atoms with Crippen molar-refractivity contribution >= 4 is 5.71 Å². The molecule has 1 nitrogen and oxygen atoms in total. The van der Waals surface area contributed by atoms with Crippen molar-refractivity contribution in [2.75, 3.05) is 0 Å². The van der Waals surface area contributed by atoms with Gasteiger partial charge in [0.05, 0.1) is 0 Å². The van der Waals surface area contributed by atoms with E-state index < -0.39 is 0 Å². The lowest BCUT2D eigenvalue weighted by atomic mass is 10.0. The molecule has 0 saturated carbocycles. The smallest absolute Gasteiger partial charge is 0.0438 e. The highest BCUT2D eigenvalue weighted by atomic mass is 14.7. The van der Waals surface area contributed by atoms with Gasteiger partial charge in [0, 0.05) is 18.3 Å². The maximum Gasteiger partial charge on any atom is 0.0438 e. The summed E-state index contributed by atoms with van der Waals surface area (Å²) in [5, 5.41) is 0. The van der Waals surface area contributed by atoms with Crippen molar-refractivity contribution in [3.05, 3.63) is 24.4 Å². The molecule has 1 heteroatoms. The van der Waals surface area contributed by atoms with Crippen molar-refractivity contribution in [3.8, 4) is 0 Å². The van der Waals surface area contributed by atoms with Crippen LogP contribution >= 0.6 is 0 Å². The molecular weight excluding hydrogens is 122 g/mol. The summed E-state index contributed by atoms with van der Waals surface area (Å²) >= 11 is 0.